The summed E-state index contributed by atoms with van der Waals surface area (Å²) in [6.45, 7) is 0.130. The SMILES string of the molecule is C[C@]1(c2cc(CC(=O)c3ncc(Cl)cc3Cl)ccc2F)N=C(N)O[C@H](CF)[C@@H]1F. The van der Waals surface area contributed by atoms with Crippen molar-refractivity contribution >= 4 is 35.0 Å². The van der Waals surface area contributed by atoms with Gasteiger partial charge in [-0.3, -0.25) is 4.79 Å². The zero-order chi connectivity index (χ0) is 21.3. The van der Waals surface area contributed by atoms with E-state index in [4.69, 9.17) is 33.7 Å². The van der Waals surface area contributed by atoms with Crippen LogP contribution in [0, 0.1) is 5.82 Å². The Morgan fingerprint density at radius 2 is 2.07 bits per heavy atom. The summed E-state index contributed by atoms with van der Waals surface area (Å²) >= 11 is 11.8. The molecule has 1 aliphatic rings. The Hall–Kier alpha value is -2.32. The van der Waals surface area contributed by atoms with E-state index in [1.165, 1.54) is 31.3 Å². The molecular weight excluding hydrogens is 430 g/mol. The number of hydrogen-bond donors (Lipinski definition) is 1. The second-order valence-corrected chi connectivity index (χ2v) is 7.55. The molecule has 0 fully saturated rings. The molecule has 29 heavy (non-hydrogen) atoms. The zero-order valence-electron chi connectivity index (χ0n) is 15.1. The zero-order valence-corrected chi connectivity index (χ0v) is 16.6. The van der Waals surface area contributed by atoms with Gasteiger partial charge >= 0.3 is 0 Å². The number of nitrogens with zero attached hydrogens (tertiary/aromatic N) is 2. The number of alkyl halides is 2. The van der Waals surface area contributed by atoms with Gasteiger partial charge in [0.05, 0.1) is 10.0 Å². The van der Waals surface area contributed by atoms with Crippen LogP contribution in [0.15, 0.2) is 35.5 Å². The summed E-state index contributed by atoms with van der Waals surface area (Å²) in [6.07, 6.45) is -2.41. The molecule has 0 unspecified atom stereocenters. The van der Waals surface area contributed by atoms with Crippen molar-refractivity contribution in [1.82, 2.24) is 4.98 Å². The van der Waals surface area contributed by atoms with Gasteiger partial charge in [-0.15, -0.1) is 0 Å². The number of benzene rings is 1. The molecule has 0 amide bonds. The van der Waals surface area contributed by atoms with Crippen LogP contribution in [0.2, 0.25) is 10.0 Å². The summed E-state index contributed by atoms with van der Waals surface area (Å²) in [6, 6.07) is 4.68. The molecule has 2 heterocycles. The Labute approximate surface area is 174 Å². The van der Waals surface area contributed by atoms with Crippen molar-refractivity contribution in [1.29, 1.82) is 0 Å². The molecule has 0 spiro atoms. The standard InChI is InChI=1S/C19H16Cl2F3N3O2/c1-19(17(24)15(7-22)29-18(25)27-19)11-4-9(2-3-13(11)23)5-14(28)16-12(21)6-10(20)8-26-16/h2-4,6,8,15,17H,5,7H2,1H3,(H2,25,27)/t15-,17+,19-/m1/s1. The fraction of sp³-hybridized carbons (Fsp3) is 0.316. The fourth-order valence-electron chi connectivity index (χ4n) is 3.17. The third-order valence-corrected chi connectivity index (χ3v) is 5.14. The number of pyridine rings is 1. The summed E-state index contributed by atoms with van der Waals surface area (Å²) < 4.78 is 47.4. The minimum Gasteiger partial charge on any atom is -0.456 e. The van der Waals surface area contributed by atoms with Crippen molar-refractivity contribution in [2.24, 2.45) is 10.7 Å². The van der Waals surface area contributed by atoms with Gasteiger partial charge in [0.15, 0.2) is 18.1 Å². The predicted octanol–water partition coefficient (Wildman–Crippen LogP) is 4.19. The van der Waals surface area contributed by atoms with Crippen LogP contribution in [0.5, 0.6) is 0 Å². The van der Waals surface area contributed by atoms with Crippen molar-refractivity contribution < 1.29 is 22.7 Å². The van der Waals surface area contributed by atoms with Crippen molar-refractivity contribution in [3.63, 3.8) is 0 Å². The number of rotatable bonds is 5. The van der Waals surface area contributed by atoms with E-state index in [1.807, 2.05) is 0 Å². The lowest BCUT2D eigenvalue weighted by Crippen LogP contribution is -2.50. The summed E-state index contributed by atoms with van der Waals surface area (Å²) in [5, 5.41) is 0.350. The van der Waals surface area contributed by atoms with Crippen LogP contribution in [-0.4, -0.2) is 35.7 Å². The number of amidine groups is 1. The first kappa shape index (κ1) is 21.4. The number of halogens is 5. The average Bonchev–Trinajstić information content (AvgIpc) is 2.66. The molecule has 3 rings (SSSR count). The first-order valence-electron chi connectivity index (χ1n) is 8.51. The maximum atomic E-state index is 14.9. The Morgan fingerprint density at radius 1 is 1.34 bits per heavy atom. The number of carbonyl (C=O) groups excluding carboxylic acids is 1. The number of ketones is 1. The minimum atomic E-state index is -1.99. The van der Waals surface area contributed by atoms with E-state index >= 15 is 0 Å². The first-order valence-corrected chi connectivity index (χ1v) is 9.26. The van der Waals surface area contributed by atoms with Gasteiger partial charge in [0.2, 0.25) is 0 Å². The lowest BCUT2D eigenvalue weighted by Gasteiger charge is -2.37. The van der Waals surface area contributed by atoms with Gasteiger partial charge in [-0.05, 0) is 30.7 Å². The number of carbonyl (C=O) groups is 1. The monoisotopic (exact) mass is 445 g/mol. The number of nitrogens with two attached hydrogens (primary N) is 1. The number of aliphatic imine (C=N–C) groups is 1. The van der Waals surface area contributed by atoms with Crippen LogP contribution in [0.1, 0.15) is 28.5 Å². The van der Waals surface area contributed by atoms with Crippen LogP contribution in [0.4, 0.5) is 13.2 Å². The highest BCUT2D eigenvalue weighted by molar-refractivity contribution is 6.36. The van der Waals surface area contributed by atoms with Crippen molar-refractivity contribution in [2.75, 3.05) is 6.67 Å². The number of ether oxygens (including phenoxy) is 1. The molecule has 1 aromatic heterocycles. The topological polar surface area (TPSA) is 77.6 Å². The molecule has 0 saturated carbocycles. The van der Waals surface area contributed by atoms with Crippen LogP contribution < -0.4 is 5.73 Å². The Kier molecular flexibility index (Phi) is 6.05. The molecule has 5 nitrogen and oxygen atoms in total. The van der Waals surface area contributed by atoms with Crippen molar-refractivity contribution in [3.05, 3.63) is 63.1 Å². The Morgan fingerprint density at radius 3 is 2.72 bits per heavy atom. The molecule has 0 saturated heterocycles. The molecule has 2 aromatic rings. The molecule has 1 aliphatic heterocycles. The van der Waals surface area contributed by atoms with Gasteiger partial charge in [0, 0.05) is 18.2 Å². The molecule has 0 bridgehead atoms. The van der Waals surface area contributed by atoms with Crippen LogP contribution in [0.3, 0.4) is 0 Å². The predicted molar refractivity (Wildman–Crippen MR) is 103 cm³/mol. The van der Waals surface area contributed by atoms with Crippen molar-refractivity contribution in [3.8, 4) is 0 Å². The van der Waals surface area contributed by atoms with Crippen molar-refractivity contribution in [2.45, 2.75) is 31.2 Å². The lowest BCUT2D eigenvalue weighted by molar-refractivity contribution is 0.00449. The smallest absolute Gasteiger partial charge is 0.283 e. The van der Waals surface area contributed by atoms with Gasteiger partial charge < -0.3 is 10.5 Å². The normalized spacial score (nSPS) is 24.0. The van der Waals surface area contributed by atoms with Gasteiger partial charge in [0.1, 0.15) is 23.7 Å². The van der Waals surface area contributed by atoms with E-state index in [0.29, 0.717) is 5.56 Å². The Bertz CT molecular complexity index is 989. The quantitative estimate of drug-likeness (QED) is 0.699. The summed E-state index contributed by atoms with van der Waals surface area (Å²) in [7, 11) is 0. The maximum Gasteiger partial charge on any atom is 0.283 e. The minimum absolute atomic E-state index is 0.00217. The van der Waals surface area contributed by atoms with Gasteiger partial charge in [0.25, 0.3) is 6.02 Å². The van der Waals surface area contributed by atoms with E-state index in [1.54, 1.807) is 0 Å². The van der Waals surface area contributed by atoms with Gasteiger partial charge in [-0.2, -0.15) is 0 Å². The molecule has 10 heteroatoms. The molecule has 0 radical (unpaired) electrons. The second-order valence-electron chi connectivity index (χ2n) is 6.71. The number of aromatic nitrogens is 1. The second kappa shape index (κ2) is 8.20. The molecule has 2 N–H and O–H groups in total. The van der Waals surface area contributed by atoms with Gasteiger partial charge in [-0.1, -0.05) is 29.3 Å². The first-order chi connectivity index (χ1) is 13.7. The number of Topliss-reactive ketones (excluding diaryl/α,β-unsaturated/α-hetero) is 1. The third-order valence-electron chi connectivity index (χ3n) is 4.64. The highest BCUT2D eigenvalue weighted by atomic mass is 35.5. The third kappa shape index (κ3) is 4.18. The Balaban J connectivity index is 1.96. The number of hydrogen-bond acceptors (Lipinski definition) is 5. The molecule has 1 aromatic carbocycles. The summed E-state index contributed by atoms with van der Waals surface area (Å²) in [4.78, 5) is 20.3. The van der Waals surface area contributed by atoms with E-state index < -0.39 is 42.1 Å². The average molecular weight is 446 g/mol. The fourth-order valence-corrected chi connectivity index (χ4v) is 3.66. The van der Waals surface area contributed by atoms with E-state index in [9.17, 15) is 18.0 Å². The van der Waals surface area contributed by atoms with E-state index in [0.717, 1.165) is 6.07 Å². The molecule has 0 aliphatic carbocycles. The van der Waals surface area contributed by atoms with Crippen LogP contribution in [-0.2, 0) is 16.7 Å². The van der Waals surface area contributed by atoms with E-state index in [-0.39, 0.29) is 27.7 Å². The lowest BCUT2D eigenvalue weighted by atomic mass is 9.83. The molecule has 3 atom stereocenters. The van der Waals surface area contributed by atoms with Crippen LogP contribution >= 0.6 is 23.2 Å². The van der Waals surface area contributed by atoms with E-state index in [2.05, 4.69) is 9.98 Å². The maximum absolute atomic E-state index is 14.9. The molecule has 154 valence electrons. The van der Waals surface area contributed by atoms with Crippen LogP contribution in [0.25, 0.3) is 0 Å². The van der Waals surface area contributed by atoms with Gasteiger partial charge in [-0.25, -0.2) is 23.1 Å². The summed E-state index contributed by atoms with van der Waals surface area (Å²) in [5.41, 5.74) is 3.91. The summed E-state index contributed by atoms with van der Waals surface area (Å²) in [5.74, 6) is -1.21. The highest BCUT2D eigenvalue weighted by Crippen LogP contribution is 2.39. The largest absolute Gasteiger partial charge is 0.456 e. The molecular formula is C19H16Cl2F3N3O2. The highest BCUT2D eigenvalue weighted by Gasteiger charge is 2.48.